The molecular formula is C32H34F3NO5. The van der Waals surface area contributed by atoms with E-state index in [9.17, 15) is 22.8 Å². The van der Waals surface area contributed by atoms with Crippen LogP contribution in [0.3, 0.4) is 0 Å². The first-order chi connectivity index (χ1) is 19.1. The lowest BCUT2D eigenvalue weighted by atomic mass is 9.85. The largest absolute Gasteiger partial charge is 0.493 e. The molecule has 1 heterocycles. The minimum Gasteiger partial charge on any atom is -0.493 e. The van der Waals surface area contributed by atoms with Gasteiger partial charge in [0.25, 0.3) is 0 Å². The molecule has 0 unspecified atom stereocenters. The van der Waals surface area contributed by atoms with Gasteiger partial charge in [-0.1, -0.05) is 38.1 Å². The van der Waals surface area contributed by atoms with E-state index in [0.717, 1.165) is 28.9 Å². The minimum atomic E-state index is -4.39. The Morgan fingerprint density at radius 3 is 2.17 bits per heavy atom. The molecule has 3 aromatic carbocycles. The smallest absolute Gasteiger partial charge is 0.416 e. The molecule has 6 nitrogen and oxygen atoms in total. The van der Waals surface area contributed by atoms with Gasteiger partial charge in [-0.3, -0.25) is 4.79 Å². The van der Waals surface area contributed by atoms with E-state index in [4.69, 9.17) is 14.2 Å². The Balaban J connectivity index is 1.49. The van der Waals surface area contributed by atoms with Crippen molar-refractivity contribution in [1.29, 1.82) is 0 Å². The maximum Gasteiger partial charge on any atom is 0.416 e. The predicted molar refractivity (Wildman–Crippen MR) is 150 cm³/mol. The number of methoxy groups -OCH3 is 1. The van der Waals surface area contributed by atoms with Crippen LogP contribution in [0.25, 0.3) is 11.1 Å². The molecule has 0 fully saturated rings. The monoisotopic (exact) mass is 569 g/mol. The van der Waals surface area contributed by atoms with Gasteiger partial charge in [0.05, 0.1) is 19.1 Å². The van der Waals surface area contributed by atoms with E-state index < -0.39 is 23.3 Å². The van der Waals surface area contributed by atoms with Gasteiger partial charge in [0.2, 0.25) is 5.91 Å². The van der Waals surface area contributed by atoms with Crippen LogP contribution < -0.4 is 14.4 Å². The number of carbonyl (C=O) groups excluding carboxylic acids is 2. The first kappa shape index (κ1) is 30.0. The van der Waals surface area contributed by atoms with E-state index in [1.54, 1.807) is 43.9 Å². The molecule has 1 amide bonds. The molecule has 9 heteroatoms. The standard InChI is InChI=1S/C32H34F3NO5/c1-30(2,3)41-29(38)18-40-26-14-7-20(15-27(26)39-6)16-28(37)36-19-31(4,5)24-17-22(10-13-25(24)36)21-8-11-23(12-9-21)32(33,34)35/h7-15,17H,16,18-19H2,1-6H3. The molecule has 1 aliphatic heterocycles. The SMILES string of the molecule is COc1cc(CC(=O)N2CC(C)(C)c3cc(-c4ccc(C(F)(F)F)cc4)ccc32)ccc1OCC(=O)OC(C)(C)C. The van der Waals surface area contributed by atoms with E-state index in [2.05, 4.69) is 0 Å². The molecule has 0 spiro atoms. The molecule has 0 radical (unpaired) electrons. The van der Waals surface area contributed by atoms with Crippen molar-refractivity contribution in [3.8, 4) is 22.6 Å². The van der Waals surface area contributed by atoms with Gasteiger partial charge in [-0.15, -0.1) is 0 Å². The fraction of sp³-hybridized carbons (Fsp3) is 0.375. The van der Waals surface area contributed by atoms with Crippen LogP contribution in [0, 0.1) is 0 Å². The van der Waals surface area contributed by atoms with Crippen LogP contribution in [-0.2, 0) is 32.3 Å². The van der Waals surface area contributed by atoms with Gasteiger partial charge < -0.3 is 19.1 Å². The highest BCUT2D eigenvalue weighted by Gasteiger charge is 2.38. The molecule has 4 rings (SSSR count). The Kier molecular flexibility index (Phi) is 8.11. The first-order valence-corrected chi connectivity index (χ1v) is 13.2. The summed E-state index contributed by atoms with van der Waals surface area (Å²) in [5.41, 5.74) is 2.22. The molecule has 41 heavy (non-hydrogen) atoms. The van der Waals surface area contributed by atoms with E-state index in [1.165, 1.54) is 19.2 Å². The van der Waals surface area contributed by atoms with E-state index in [1.807, 2.05) is 32.0 Å². The molecule has 0 aromatic heterocycles. The molecule has 218 valence electrons. The molecule has 1 aliphatic rings. The number of hydrogen-bond acceptors (Lipinski definition) is 5. The first-order valence-electron chi connectivity index (χ1n) is 13.2. The van der Waals surface area contributed by atoms with Crippen molar-refractivity contribution in [2.75, 3.05) is 25.2 Å². The van der Waals surface area contributed by atoms with Crippen LogP contribution in [0.2, 0.25) is 0 Å². The lowest BCUT2D eigenvalue weighted by molar-refractivity contribution is -0.157. The van der Waals surface area contributed by atoms with Crippen molar-refractivity contribution >= 4 is 17.6 Å². The van der Waals surface area contributed by atoms with Gasteiger partial charge in [-0.2, -0.15) is 13.2 Å². The second kappa shape index (κ2) is 11.1. The van der Waals surface area contributed by atoms with Crippen molar-refractivity contribution in [1.82, 2.24) is 0 Å². The Morgan fingerprint density at radius 1 is 0.902 bits per heavy atom. The maximum absolute atomic E-state index is 13.5. The fourth-order valence-electron chi connectivity index (χ4n) is 4.85. The summed E-state index contributed by atoms with van der Waals surface area (Å²) in [6.45, 7) is 9.58. The number of alkyl halides is 3. The number of amides is 1. The average Bonchev–Trinajstić information content (AvgIpc) is 3.16. The summed E-state index contributed by atoms with van der Waals surface area (Å²) in [6.07, 6.45) is -4.28. The predicted octanol–water partition coefficient (Wildman–Crippen LogP) is 6.97. The van der Waals surface area contributed by atoms with Crippen molar-refractivity contribution in [3.63, 3.8) is 0 Å². The average molecular weight is 570 g/mol. The zero-order valence-corrected chi connectivity index (χ0v) is 24.0. The molecule has 0 bridgehead atoms. The number of ether oxygens (including phenoxy) is 3. The highest BCUT2D eigenvalue weighted by Crippen LogP contribution is 2.43. The van der Waals surface area contributed by atoms with Crippen LogP contribution in [0.15, 0.2) is 60.7 Å². The number of anilines is 1. The van der Waals surface area contributed by atoms with Gasteiger partial charge in [0.15, 0.2) is 18.1 Å². The summed E-state index contributed by atoms with van der Waals surface area (Å²) < 4.78 is 55.2. The summed E-state index contributed by atoms with van der Waals surface area (Å²) in [5.74, 6) is 0.138. The zero-order chi connectivity index (χ0) is 30.2. The fourth-order valence-corrected chi connectivity index (χ4v) is 4.85. The van der Waals surface area contributed by atoms with Gasteiger partial charge in [-0.25, -0.2) is 4.79 Å². The number of esters is 1. The molecule has 0 N–H and O–H groups in total. The summed E-state index contributed by atoms with van der Waals surface area (Å²) in [6, 6.07) is 15.8. The zero-order valence-electron chi connectivity index (χ0n) is 24.0. The van der Waals surface area contributed by atoms with Crippen molar-refractivity contribution in [2.45, 2.75) is 58.2 Å². The minimum absolute atomic E-state index is 0.108. The summed E-state index contributed by atoms with van der Waals surface area (Å²) in [4.78, 5) is 27.2. The lowest BCUT2D eigenvalue weighted by Crippen LogP contribution is -2.34. The third-order valence-corrected chi connectivity index (χ3v) is 6.77. The van der Waals surface area contributed by atoms with E-state index >= 15 is 0 Å². The molecular weight excluding hydrogens is 535 g/mol. The van der Waals surface area contributed by atoms with Gasteiger partial charge in [0, 0.05) is 17.6 Å². The highest BCUT2D eigenvalue weighted by atomic mass is 19.4. The number of carbonyl (C=O) groups is 2. The van der Waals surface area contributed by atoms with E-state index in [0.29, 0.717) is 29.2 Å². The molecule has 0 saturated heterocycles. The molecule has 0 atom stereocenters. The lowest BCUT2D eigenvalue weighted by Gasteiger charge is -2.21. The topological polar surface area (TPSA) is 65.1 Å². The Bertz CT molecular complexity index is 1440. The van der Waals surface area contributed by atoms with Crippen LogP contribution in [0.5, 0.6) is 11.5 Å². The van der Waals surface area contributed by atoms with Gasteiger partial charge in [-0.05, 0) is 79.4 Å². The van der Waals surface area contributed by atoms with Crippen LogP contribution in [-0.4, -0.2) is 37.7 Å². The van der Waals surface area contributed by atoms with Crippen LogP contribution in [0.1, 0.15) is 51.3 Å². The third kappa shape index (κ3) is 7.01. The number of halogens is 3. The second-order valence-corrected chi connectivity index (χ2v) is 11.7. The van der Waals surface area contributed by atoms with Crippen molar-refractivity contribution in [2.24, 2.45) is 0 Å². The summed E-state index contributed by atoms with van der Waals surface area (Å²) in [7, 11) is 1.48. The number of fused-ring (bicyclic) bond motifs is 1. The number of rotatable bonds is 7. The van der Waals surface area contributed by atoms with E-state index in [-0.39, 0.29) is 24.3 Å². The Hall–Kier alpha value is -4.01. The normalized spacial score (nSPS) is 14.4. The highest BCUT2D eigenvalue weighted by molar-refractivity contribution is 5.98. The Labute approximate surface area is 238 Å². The quantitative estimate of drug-likeness (QED) is 0.288. The Morgan fingerprint density at radius 2 is 1.56 bits per heavy atom. The van der Waals surface area contributed by atoms with Crippen molar-refractivity contribution in [3.05, 3.63) is 77.4 Å². The van der Waals surface area contributed by atoms with Crippen molar-refractivity contribution < 1.29 is 37.0 Å². The van der Waals surface area contributed by atoms with Crippen LogP contribution >= 0.6 is 0 Å². The molecule has 0 aliphatic carbocycles. The van der Waals surface area contributed by atoms with Gasteiger partial charge >= 0.3 is 12.1 Å². The maximum atomic E-state index is 13.5. The number of nitrogens with zero attached hydrogens (tertiary/aromatic N) is 1. The summed E-state index contributed by atoms with van der Waals surface area (Å²) in [5, 5.41) is 0. The third-order valence-electron chi connectivity index (χ3n) is 6.77. The molecule has 0 saturated carbocycles. The second-order valence-electron chi connectivity index (χ2n) is 11.7. The van der Waals surface area contributed by atoms with Crippen LogP contribution in [0.4, 0.5) is 18.9 Å². The number of hydrogen-bond donors (Lipinski definition) is 0. The van der Waals surface area contributed by atoms with Gasteiger partial charge in [0.1, 0.15) is 5.60 Å². The molecule has 3 aromatic rings. The summed E-state index contributed by atoms with van der Waals surface area (Å²) >= 11 is 0. The number of benzene rings is 3.